The predicted octanol–water partition coefficient (Wildman–Crippen LogP) is 9.29. The van der Waals surface area contributed by atoms with Crippen molar-refractivity contribution >= 4 is 23.6 Å². The zero-order valence-corrected chi connectivity index (χ0v) is 27.7. The van der Waals surface area contributed by atoms with E-state index in [2.05, 4.69) is 142 Å². The molecule has 4 aromatic rings. The molecule has 0 nitrogen and oxygen atoms in total. The van der Waals surface area contributed by atoms with Crippen LogP contribution in [0.5, 0.6) is 0 Å². The lowest BCUT2D eigenvalue weighted by Crippen LogP contribution is -2.69. The van der Waals surface area contributed by atoms with Crippen molar-refractivity contribution in [2.45, 2.75) is 90.5 Å². The molecule has 0 fully saturated rings. The molecule has 1 aliphatic carbocycles. The van der Waals surface area contributed by atoms with Gasteiger partial charge in [0.15, 0.2) is 8.07 Å². The molecule has 0 aliphatic heterocycles. The first-order valence-electron chi connectivity index (χ1n) is 16.9. The molecule has 0 aromatic heterocycles. The summed E-state index contributed by atoms with van der Waals surface area (Å²) in [5.41, 5.74) is 7.55. The van der Waals surface area contributed by atoms with Gasteiger partial charge in [0, 0.05) is 5.54 Å². The lowest BCUT2D eigenvalue weighted by Gasteiger charge is -2.38. The molecule has 1 aliphatic rings. The first-order chi connectivity index (χ1) is 21.2. The highest BCUT2D eigenvalue weighted by molar-refractivity contribution is 7.13. The van der Waals surface area contributed by atoms with Gasteiger partial charge in [-0.05, 0) is 88.3 Å². The van der Waals surface area contributed by atoms with Gasteiger partial charge in [-0.2, -0.15) is 0 Å². The average molecular weight is 583 g/mol. The van der Waals surface area contributed by atoms with Gasteiger partial charge >= 0.3 is 0 Å². The van der Waals surface area contributed by atoms with E-state index in [0.717, 1.165) is 25.7 Å². The third-order valence-electron chi connectivity index (χ3n) is 9.35. The molecule has 0 radical (unpaired) electrons. The smallest absolute Gasteiger partial charge is 0.0790 e. The van der Waals surface area contributed by atoms with Crippen LogP contribution in [0.4, 0.5) is 0 Å². The van der Waals surface area contributed by atoms with Gasteiger partial charge in [-0.25, -0.2) is 0 Å². The number of unbranched alkanes of at least 4 members (excludes halogenated alkanes) is 3. The maximum absolute atomic E-state index is 2.61. The molecule has 0 heterocycles. The minimum Gasteiger partial charge on any atom is -0.0790 e. The van der Waals surface area contributed by atoms with E-state index < -0.39 is 8.07 Å². The summed E-state index contributed by atoms with van der Waals surface area (Å²) in [6.07, 6.45) is 19.5. The Labute approximate surface area is 262 Å². The van der Waals surface area contributed by atoms with Crippen molar-refractivity contribution in [3.8, 4) is 0 Å². The van der Waals surface area contributed by atoms with E-state index in [4.69, 9.17) is 0 Å². The third kappa shape index (κ3) is 7.39. The second-order valence-corrected chi connectivity index (χ2v) is 16.5. The first-order valence-corrected chi connectivity index (χ1v) is 19.0. The minimum atomic E-state index is -2.48. The zero-order valence-electron chi connectivity index (χ0n) is 26.7. The number of hydrogen-bond acceptors (Lipinski definition) is 0. The summed E-state index contributed by atoms with van der Waals surface area (Å²) >= 11 is 0. The number of allylic oxidation sites excluding steroid dienone is 4. The lowest BCUT2D eigenvalue weighted by atomic mass is 10.1. The van der Waals surface area contributed by atoms with Crippen LogP contribution in [-0.2, 0) is 25.7 Å². The van der Waals surface area contributed by atoms with Crippen LogP contribution in [0.15, 0.2) is 127 Å². The summed E-state index contributed by atoms with van der Waals surface area (Å²) < 4.78 is 0. The molecule has 43 heavy (non-hydrogen) atoms. The Morgan fingerprint density at radius 1 is 0.488 bits per heavy atom. The Hall–Kier alpha value is -3.42. The summed E-state index contributed by atoms with van der Waals surface area (Å²) in [6.45, 7) is 6.85. The quantitative estimate of drug-likeness (QED) is 0.0968. The Bertz CT molecular complexity index is 1330. The zero-order chi connectivity index (χ0) is 29.9. The maximum Gasteiger partial charge on any atom is 0.158 e. The molecule has 4 aromatic carbocycles. The van der Waals surface area contributed by atoms with Crippen molar-refractivity contribution in [1.29, 1.82) is 0 Å². The fraction of sp³-hybridized carbons (Fsp3) is 0.333. The molecule has 1 atom stereocenters. The second kappa shape index (κ2) is 15.3. The van der Waals surface area contributed by atoms with Crippen LogP contribution in [0.1, 0.15) is 81.5 Å². The molecule has 1 unspecified atom stereocenters. The van der Waals surface area contributed by atoms with Crippen LogP contribution in [0, 0.1) is 0 Å². The van der Waals surface area contributed by atoms with E-state index in [-0.39, 0.29) is 0 Å². The summed E-state index contributed by atoms with van der Waals surface area (Å²) in [5, 5.41) is 4.55. The Kier molecular flexibility index (Phi) is 11.1. The Balaban J connectivity index is 1.65. The van der Waals surface area contributed by atoms with Crippen LogP contribution >= 0.6 is 0 Å². The molecule has 5 rings (SSSR count). The maximum atomic E-state index is 2.61. The molecule has 1 heteroatoms. The molecular formula is C42H50Si. The number of rotatable bonds is 15. The molecule has 0 bridgehead atoms. The van der Waals surface area contributed by atoms with Gasteiger partial charge in [-0.1, -0.05) is 161 Å². The molecular weight excluding hydrogens is 533 g/mol. The second-order valence-electron chi connectivity index (χ2n) is 12.5. The molecule has 0 saturated heterocycles. The minimum absolute atomic E-state index is 0.357. The fourth-order valence-electron chi connectivity index (χ4n) is 6.81. The topological polar surface area (TPSA) is 0 Å². The molecule has 0 N–H and O–H groups in total. The highest BCUT2D eigenvalue weighted by Gasteiger charge is 2.45. The fourth-order valence-corrected chi connectivity index (χ4v) is 11.9. The van der Waals surface area contributed by atoms with Gasteiger partial charge in [0.05, 0.1) is 0 Å². The highest BCUT2D eigenvalue weighted by atomic mass is 28.3. The van der Waals surface area contributed by atoms with Crippen LogP contribution in [0.2, 0.25) is 5.54 Å². The van der Waals surface area contributed by atoms with E-state index in [0.29, 0.717) is 5.54 Å². The number of hydrogen-bond donors (Lipinski definition) is 0. The molecule has 0 amide bonds. The number of aryl methyl sites for hydroxylation is 3. The molecule has 0 saturated carbocycles. The summed E-state index contributed by atoms with van der Waals surface area (Å²) in [5.74, 6) is 0. The van der Waals surface area contributed by atoms with Gasteiger partial charge in [0.25, 0.3) is 0 Å². The van der Waals surface area contributed by atoms with Crippen molar-refractivity contribution < 1.29 is 0 Å². The average Bonchev–Trinajstić information content (AvgIpc) is 3.52. The Morgan fingerprint density at radius 2 is 0.907 bits per heavy atom. The van der Waals surface area contributed by atoms with Crippen molar-refractivity contribution in [1.82, 2.24) is 0 Å². The summed E-state index contributed by atoms with van der Waals surface area (Å²) in [6, 6.07) is 40.4. The largest absolute Gasteiger partial charge is 0.158 e. The number of benzene rings is 4. The van der Waals surface area contributed by atoms with Gasteiger partial charge < -0.3 is 0 Å². The van der Waals surface area contributed by atoms with Crippen LogP contribution in [0.25, 0.3) is 0 Å². The van der Waals surface area contributed by atoms with Gasteiger partial charge in [-0.3, -0.25) is 0 Å². The highest BCUT2D eigenvalue weighted by Crippen LogP contribution is 2.33. The van der Waals surface area contributed by atoms with E-state index in [1.165, 1.54) is 81.9 Å². The first kappa shape index (κ1) is 31.0. The van der Waals surface area contributed by atoms with E-state index in [1.807, 2.05) is 0 Å². The van der Waals surface area contributed by atoms with Gasteiger partial charge in [0.2, 0.25) is 0 Å². The van der Waals surface area contributed by atoms with Crippen LogP contribution < -0.4 is 15.6 Å². The Morgan fingerprint density at radius 3 is 1.30 bits per heavy atom. The normalized spacial score (nSPS) is 14.7. The monoisotopic (exact) mass is 582 g/mol. The third-order valence-corrected chi connectivity index (χ3v) is 14.4. The van der Waals surface area contributed by atoms with Crippen molar-refractivity contribution in [2.24, 2.45) is 0 Å². The van der Waals surface area contributed by atoms with Gasteiger partial charge in [0.1, 0.15) is 0 Å². The van der Waals surface area contributed by atoms with Crippen molar-refractivity contribution in [3.63, 3.8) is 0 Å². The SMILES string of the molecule is CCCCc1ccc([Si](c2ccc(CCCC)cc2)(c2ccc(CCCC)cc2)C2C=CC(Cc3ccccc3)=C2)cc1. The lowest BCUT2D eigenvalue weighted by molar-refractivity contribution is 0.795. The summed E-state index contributed by atoms with van der Waals surface area (Å²) in [7, 11) is -2.48. The van der Waals surface area contributed by atoms with Crippen LogP contribution in [-0.4, -0.2) is 8.07 Å². The summed E-state index contributed by atoms with van der Waals surface area (Å²) in [4.78, 5) is 0. The van der Waals surface area contributed by atoms with E-state index >= 15 is 0 Å². The standard InChI is InChI=1S/C42H50Si/c1-4-7-13-34-18-25-39(26-19-34)43(40-27-20-35(21-28-40)14-8-5-2,41-29-22-36(23-30-41)15-9-6-3)42-31-24-38(33-42)32-37-16-11-10-12-17-37/h10-12,16-31,33,42H,4-9,13-15,32H2,1-3H3. The van der Waals surface area contributed by atoms with Crippen molar-refractivity contribution in [2.75, 3.05) is 0 Å². The molecule has 222 valence electrons. The van der Waals surface area contributed by atoms with E-state index in [9.17, 15) is 0 Å². The van der Waals surface area contributed by atoms with E-state index in [1.54, 1.807) is 0 Å². The van der Waals surface area contributed by atoms with Crippen molar-refractivity contribution in [3.05, 3.63) is 149 Å². The van der Waals surface area contributed by atoms with Gasteiger partial charge in [-0.15, -0.1) is 0 Å². The van der Waals surface area contributed by atoms with Crippen LogP contribution in [0.3, 0.4) is 0 Å². The molecule has 0 spiro atoms. The predicted molar refractivity (Wildman–Crippen MR) is 191 cm³/mol.